The van der Waals surface area contributed by atoms with Crippen LogP contribution in [0.25, 0.3) is 0 Å². The topological polar surface area (TPSA) is 66.4 Å². The Balaban J connectivity index is 1.93. The van der Waals surface area contributed by atoms with E-state index in [0.29, 0.717) is 12.2 Å². The number of carboxylic acid groups (broad SMARTS) is 1. The van der Waals surface area contributed by atoms with Crippen LogP contribution in [0.15, 0.2) is 65.6 Å². The molecule has 0 heterocycles. The molecule has 2 aromatic rings. The van der Waals surface area contributed by atoms with Crippen molar-refractivity contribution in [2.45, 2.75) is 24.3 Å². The molecule has 0 aliphatic rings. The van der Waals surface area contributed by atoms with Gasteiger partial charge < -0.3 is 10.4 Å². The Hall–Kier alpha value is -2.27. The average molecular weight is 343 g/mol. The van der Waals surface area contributed by atoms with Crippen molar-refractivity contribution in [1.82, 2.24) is 5.32 Å². The van der Waals surface area contributed by atoms with E-state index >= 15 is 0 Å². The first kappa shape index (κ1) is 18.1. The van der Waals surface area contributed by atoms with E-state index < -0.39 is 17.9 Å². The lowest BCUT2D eigenvalue weighted by molar-refractivity contribution is -0.142. The zero-order chi connectivity index (χ0) is 17.4. The van der Waals surface area contributed by atoms with Crippen molar-refractivity contribution < 1.29 is 14.7 Å². The van der Waals surface area contributed by atoms with Crippen LogP contribution in [0.5, 0.6) is 0 Å². The highest BCUT2D eigenvalue weighted by molar-refractivity contribution is 7.99. The predicted molar refractivity (Wildman–Crippen MR) is 95.9 cm³/mol. The maximum atomic E-state index is 12.2. The fourth-order valence-corrected chi connectivity index (χ4v) is 3.20. The number of benzene rings is 2. The number of thioether (sulfide) groups is 1. The summed E-state index contributed by atoms with van der Waals surface area (Å²) < 4.78 is 0. The summed E-state index contributed by atoms with van der Waals surface area (Å²) in [5.41, 5.74) is 0.802. The second-order valence-corrected chi connectivity index (χ2v) is 6.66. The highest BCUT2D eigenvalue weighted by Gasteiger charge is 2.26. The monoisotopic (exact) mass is 343 g/mol. The van der Waals surface area contributed by atoms with Crippen LogP contribution < -0.4 is 5.32 Å². The number of carbonyl (C=O) groups is 2. The normalized spacial score (nSPS) is 13.0. The molecule has 2 unspecified atom stereocenters. The molecule has 4 nitrogen and oxygen atoms in total. The van der Waals surface area contributed by atoms with Crippen molar-refractivity contribution in [3.63, 3.8) is 0 Å². The minimum atomic E-state index is -0.928. The molecule has 0 saturated heterocycles. The molecule has 0 radical (unpaired) electrons. The van der Waals surface area contributed by atoms with E-state index in [1.807, 2.05) is 60.7 Å². The first-order valence-corrected chi connectivity index (χ1v) is 8.81. The SMILES string of the molecule is CC(C(=O)O)C(NC(=O)CCSc1ccccc1)c1ccccc1. The number of amides is 1. The van der Waals surface area contributed by atoms with Crippen molar-refractivity contribution >= 4 is 23.6 Å². The van der Waals surface area contributed by atoms with Crippen LogP contribution in [0.4, 0.5) is 0 Å². The van der Waals surface area contributed by atoms with Gasteiger partial charge in [-0.3, -0.25) is 9.59 Å². The number of carbonyl (C=O) groups excluding carboxylic acids is 1. The molecule has 2 atom stereocenters. The molecule has 0 saturated carbocycles. The zero-order valence-corrected chi connectivity index (χ0v) is 14.3. The highest BCUT2D eigenvalue weighted by Crippen LogP contribution is 2.23. The van der Waals surface area contributed by atoms with Gasteiger partial charge in [0.1, 0.15) is 0 Å². The lowest BCUT2D eigenvalue weighted by Gasteiger charge is -2.23. The zero-order valence-electron chi connectivity index (χ0n) is 13.5. The second kappa shape index (κ2) is 9.13. The third-order valence-electron chi connectivity index (χ3n) is 3.71. The van der Waals surface area contributed by atoms with E-state index in [9.17, 15) is 14.7 Å². The summed E-state index contributed by atoms with van der Waals surface area (Å²) >= 11 is 1.61. The van der Waals surface area contributed by atoms with Crippen molar-refractivity contribution in [3.05, 3.63) is 66.2 Å². The largest absolute Gasteiger partial charge is 0.481 e. The number of carboxylic acids is 1. The molecule has 2 N–H and O–H groups in total. The fourth-order valence-electron chi connectivity index (χ4n) is 2.32. The smallest absolute Gasteiger partial charge is 0.308 e. The van der Waals surface area contributed by atoms with Crippen molar-refractivity contribution in [1.29, 1.82) is 0 Å². The van der Waals surface area contributed by atoms with Crippen LogP contribution in [-0.4, -0.2) is 22.7 Å². The Kier molecular flexibility index (Phi) is 6.88. The molecular weight excluding hydrogens is 322 g/mol. The molecule has 24 heavy (non-hydrogen) atoms. The standard InChI is InChI=1S/C19H21NO3S/c1-14(19(22)23)18(15-8-4-2-5-9-15)20-17(21)12-13-24-16-10-6-3-7-11-16/h2-11,14,18H,12-13H2,1H3,(H,20,21)(H,22,23). The maximum Gasteiger partial charge on any atom is 0.308 e. The van der Waals surface area contributed by atoms with E-state index in [1.165, 1.54) is 0 Å². The summed E-state index contributed by atoms with van der Waals surface area (Å²) in [5, 5.41) is 12.2. The van der Waals surface area contributed by atoms with Gasteiger partial charge in [-0.1, -0.05) is 48.5 Å². The van der Waals surface area contributed by atoms with Gasteiger partial charge in [0.05, 0.1) is 12.0 Å². The predicted octanol–water partition coefficient (Wildman–Crippen LogP) is 3.75. The summed E-state index contributed by atoms with van der Waals surface area (Å²) in [5.74, 6) is -1.11. The molecule has 1 amide bonds. The molecule has 2 aromatic carbocycles. The van der Waals surface area contributed by atoms with Gasteiger partial charge in [-0.15, -0.1) is 11.8 Å². The Morgan fingerprint density at radius 3 is 2.21 bits per heavy atom. The van der Waals surface area contributed by atoms with Crippen molar-refractivity contribution in [2.75, 3.05) is 5.75 Å². The van der Waals surface area contributed by atoms with Gasteiger partial charge in [0, 0.05) is 17.1 Å². The minimum absolute atomic E-state index is 0.139. The first-order valence-electron chi connectivity index (χ1n) is 7.83. The maximum absolute atomic E-state index is 12.2. The van der Waals surface area contributed by atoms with Gasteiger partial charge in [0.15, 0.2) is 0 Å². The summed E-state index contributed by atoms with van der Waals surface area (Å²) in [6.45, 7) is 1.61. The van der Waals surface area contributed by atoms with Crippen LogP contribution in [0, 0.1) is 5.92 Å². The molecular formula is C19H21NO3S. The number of hydrogen-bond donors (Lipinski definition) is 2. The number of hydrogen-bond acceptors (Lipinski definition) is 3. The van der Waals surface area contributed by atoms with E-state index in [2.05, 4.69) is 5.32 Å². The van der Waals surface area contributed by atoms with Gasteiger partial charge in [-0.25, -0.2) is 0 Å². The molecule has 5 heteroatoms. The highest BCUT2D eigenvalue weighted by atomic mass is 32.2. The summed E-state index contributed by atoms with van der Waals surface area (Å²) in [7, 11) is 0. The van der Waals surface area contributed by atoms with E-state index in [0.717, 1.165) is 10.5 Å². The number of nitrogens with one attached hydrogen (secondary N) is 1. The Bertz CT molecular complexity index is 661. The van der Waals surface area contributed by atoms with E-state index in [-0.39, 0.29) is 5.91 Å². The molecule has 0 aliphatic carbocycles. The van der Waals surface area contributed by atoms with Crippen LogP contribution in [0.3, 0.4) is 0 Å². The second-order valence-electron chi connectivity index (χ2n) is 5.49. The molecule has 0 bridgehead atoms. The van der Waals surface area contributed by atoms with Crippen LogP contribution >= 0.6 is 11.8 Å². The third kappa shape index (κ3) is 5.42. The van der Waals surface area contributed by atoms with Crippen LogP contribution in [-0.2, 0) is 9.59 Å². The summed E-state index contributed by atoms with van der Waals surface area (Å²) in [6, 6.07) is 18.6. The van der Waals surface area contributed by atoms with Gasteiger partial charge in [-0.2, -0.15) is 0 Å². The lowest BCUT2D eigenvalue weighted by Crippen LogP contribution is -2.35. The summed E-state index contributed by atoms with van der Waals surface area (Å²) in [4.78, 5) is 24.7. The fraction of sp³-hybridized carbons (Fsp3) is 0.263. The molecule has 0 aromatic heterocycles. The molecule has 0 aliphatic heterocycles. The van der Waals surface area contributed by atoms with Gasteiger partial charge >= 0.3 is 5.97 Å². The van der Waals surface area contributed by atoms with Gasteiger partial charge in [-0.05, 0) is 24.6 Å². The number of rotatable bonds is 8. The molecule has 0 spiro atoms. The van der Waals surface area contributed by atoms with Crippen LogP contribution in [0.1, 0.15) is 24.9 Å². The van der Waals surface area contributed by atoms with Crippen molar-refractivity contribution in [2.24, 2.45) is 5.92 Å². The number of aliphatic carboxylic acids is 1. The Morgan fingerprint density at radius 1 is 1.04 bits per heavy atom. The van der Waals surface area contributed by atoms with Crippen molar-refractivity contribution in [3.8, 4) is 0 Å². The van der Waals surface area contributed by atoms with E-state index in [4.69, 9.17) is 0 Å². The van der Waals surface area contributed by atoms with Gasteiger partial charge in [0.25, 0.3) is 0 Å². The van der Waals surface area contributed by atoms with Crippen LogP contribution in [0.2, 0.25) is 0 Å². The molecule has 126 valence electrons. The first-order chi connectivity index (χ1) is 11.6. The van der Waals surface area contributed by atoms with E-state index in [1.54, 1.807) is 18.7 Å². The average Bonchev–Trinajstić information content (AvgIpc) is 2.60. The Labute approximate surface area is 146 Å². The Morgan fingerprint density at radius 2 is 1.62 bits per heavy atom. The lowest BCUT2D eigenvalue weighted by atomic mass is 9.94. The minimum Gasteiger partial charge on any atom is -0.481 e. The molecule has 0 fully saturated rings. The van der Waals surface area contributed by atoms with Gasteiger partial charge in [0.2, 0.25) is 5.91 Å². The third-order valence-corrected chi connectivity index (χ3v) is 4.72. The summed E-state index contributed by atoms with van der Waals surface area (Å²) in [6.07, 6.45) is 0.342. The quantitative estimate of drug-likeness (QED) is 0.717. The molecule has 2 rings (SSSR count).